The van der Waals surface area contributed by atoms with E-state index >= 15 is 0 Å². The highest BCUT2D eigenvalue weighted by molar-refractivity contribution is 7.89. The van der Waals surface area contributed by atoms with Gasteiger partial charge in [0.1, 0.15) is 0 Å². The number of nitrogens with zero attached hydrogens (tertiary/aromatic N) is 2. The average Bonchev–Trinajstić information content (AvgIpc) is 2.69. The summed E-state index contributed by atoms with van der Waals surface area (Å²) in [4.78, 5) is 14.0. The van der Waals surface area contributed by atoms with Crippen molar-refractivity contribution >= 4 is 15.8 Å². The third-order valence-electron chi connectivity index (χ3n) is 5.17. The predicted octanol–water partition coefficient (Wildman–Crippen LogP) is 2.83. The second-order valence-corrected chi connectivity index (χ2v) is 9.00. The van der Waals surface area contributed by atoms with Gasteiger partial charge < -0.3 is 0 Å². The van der Waals surface area contributed by atoms with Crippen LogP contribution in [0.4, 0.5) is 0 Å². The van der Waals surface area contributed by atoms with E-state index in [4.69, 9.17) is 0 Å². The molecule has 6 heteroatoms. The SMILES string of the molecule is CC(=O)c1ccc(S(=O)(=O)N2CCN(C(C)Cc3ccccc3)CC2)cc1. The van der Waals surface area contributed by atoms with Crippen molar-refractivity contribution in [1.82, 2.24) is 9.21 Å². The second-order valence-electron chi connectivity index (χ2n) is 7.06. The molecule has 2 aromatic rings. The normalized spacial score (nSPS) is 17.6. The van der Waals surface area contributed by atoms with Gasteiger partial charge in [-0.3, -0.25) is 9.69 Å². The molecule has 0 amide bonds. The number of ketones is 1. The molecule has 1 atom stereocenters. The molecule has 0 radical (unpaired) electrons. The molecule has 1 saturated heterocycles. The number of carbonyl (C=O) groups is 1. The molecule has 0 aromatic heterocycles. The van der Waals surface area contributed by atoms with Crippen molar-refractivity contribution in [2.45, 2.75) is 31.2 Å². The van der Waals surface area contributed by atoms with Gasteiger partial charge >= 0.3 is 0 Å². The Kier molecular flexibility index (Phi) is 6.09. The monoisotopic (exact) mass is 386 g/mol. The fraction of sp³-hybridized carbons (Fsp3) is 0.381. The number of Topliss-reactive ketones (excluding diaryl/α,β-unsaturated/α-hetero) is 1. The number of rotatable bonds is 6. The Bertz CT molecular complexity index is 871. The maximum Gasteiger partial charge on any atom is 0.243 e. The first kappa shape index (κ1) is 19.7. The minimum Gasteiger partial charge on any atom is -0.298 e. The van der Waals surface area contributed by atoms with Gasteiger partial charge in [-0.15, -0.1) is 0 Å². The Labute approximate surface area is 161 Å². The lowest BCUT2D eigenvalue weighted by atomic mass is 10.1. The quantitative estimate of drug-likeness (QED) is 0.717. The molecule has 0 saturated carbocycles. The van der Waals surface area contributed by atoms with Gasteiger partial charge in [-0.05, 0) is 38.0 Å². The van der Waals surface area contributed by atoms with Gasteiger partial charge in [0, 0.05) is 37.8 Å². The van der Waals surface area contributed by atoms with Crippen molar-refractivity contribution in [3.05, 3.63) is 65.7 Å². The van der Waals surface area contributed by atoms with Crippen LogP contribution >= 0.6 is 0 Å². The van der Waals surface area contributed by atoms with Gasteiger partial charge in [-0.25, -0.2) is 8.42 Å². The van der Waals surface area contributed by atoms with Crippen molar-refractivity contribution in [2.75, 3.05) is 26.2 Å². The van der Waals surface area contributed by atoms with Crippen LogP contribution in [0.3, 0.4) is 0 Å². The number of benzene rings is 2. The van der Waals surface area contributed by atoms with E-state index in [1.807, 2.05) is 18.2 Å². The fourth-order valence-corrected chi connectivity index (χ4v) is 4.90. The summed E-state index contributed by atoms with van der Waals surface area (Å²) in [6.45, 7) is 6.07. The van der Waals surface area contributed by atoms with Gasteiger partial charge in [0.25, 0.3) is 0 Å². The smallest absolute Gasteiger partial charge is 0.243 e. The Morgan fingerprint density at radius 1 is 0.963 bits per heavy atom. The van der Waals surface area contributed by atoms with Gasteiger partial charge in [0.2, 0.25) is 10.0 Å². The van der Waals surface area contributed by atoms with E-state index in [1.54, 1.807) is 16.4 Å². The molecule has 0 spiro atoms. The summed E-state index contributed by atoms with van der Waals surface area (Å²) in [6, 6.07) is 16.9. The minimum absolute atomic E-state index is 0.0695. The molecule has 3 rings (SSSR count). The molecule has 1 aliphatic rings. The number of hydrogen-bond acceptors (Lipinski definition) is 4. The summed E-state index contributed by atoms with van der Waals surface area (Å²) in [5.74, 6) is -0.0695. The summed E-state index contributed by atoms with van der Waals surface area (Å²) in [5, 5.41) is 0. The van der Waals surface area contributed by atoms with E-state index in [9.17, 15) is 13.2 Å². The molecule has 1 fully saturated rings. The van der Waals surface area contributed by atoms with Crippen LogP contribution in [0.2, 0.25) is 0 Å². The van der Waals surface area contributed by atoms with Crippen molar-refractivity contribution in [2.24, 2.45) is 0 Å². The van der Waals surface area contributed by atoms with E-state index in [1.165, 1.54) is 24.6 Å². The molecule has 1 unspecified atom stereocenters. The highest BCUT2D eigenvalue weighted by Crippen LogP contribution is 2.20. The van der Waals surface area contributed by atoms with Crippen LogP contribution in [0.15, 0.2) is 59.5 Å². The summed E-state index contributed by atoms with van der Waals surface area (Å²) < 4.78 is 27.3. The van der Waals surface area contributed by atoms with E-state index in [0.717, 1.165) is 19.5 Å². The van der Waals surface area contributed by atoms with Crippen LogP contribution in [-0.4, -0.2) is 55.6 Å². The number of hydrogen-bond donors (Lipinski definition) is 0. The zero-order valence-corrected chi connectivity index (χ0v) is 16.7. The predicted molar refractivity (Wildman–Crippen MR) is 106 cm³/mol. The van der Waals surface area contributed by atoms with Crippen LogP contribution in [0.25, 0.3) is 0 Å². The first-order valence-corrected chi connectivity index (χ1v) is 10.7. The molecule has 5 nitrogen and oxygen atoms in total. The average molecular weight is 387 g/mol. The fourth-order valence-electron chi connectivity index (χ4n) is 3.48. The van der Waals surface area contributed by atoms with E-state index in [-0.39, 0.29) is 10.7 Å². The number of piperazine rings is 1. The highest BCUT2D eigenvalue weighted by Gasteiger charge is 2.30. The Morgan fingerprint density at radius 3 is 2.11 bits per heavy atom. The third kappa shape index (κ3) is 4.64. The molecule has 0 aliphatic carbocycles. The zero-order chi connectivity index (χ0) is 19.4. The van der Waals surface area contributed by atoms with Crippen LogP contribution in [0.5, 0.6) is 0 Å². The summed E-state index contributed by atoms with van der Waals surface area (Å²) in [6.07, 6.45) is 0.958. The maximum atomic E-state index is 12.9. The standard InChI is InChI=1S/C21H26N2O3S/c1-17(16-19-6-4-3-5-7-19)22-12-14-23(15-13-22)27(25,26)21-10-8-20(9-11-21)18(2)24/h3-11,17H,12-16H2,1-2H3. The Balaban J connectivity index is 1.61. The first-order valence-electron chi connectivity index (χ1n) is 9.27. The number of carbonyl (C=O) groups excluding carboxylic acids is 1. The Hall–Kier alpha value is -2.02. The zero-order valence-electron chi connectivity index (χ0n) is 15.8. The van der Waals surface area contributed by atoms with Crippen LogP contribution in [0, 0.1) is 0 Å². The van der Waals surface area contributed by atoms with Gasteiger partial charge in [0.05, 0.1) is 4.90 Å². The molecule has 0 bridgehead atoms. The summed E-state index contributed by atoms with van der Waals surface area (Å²) >= 11 is 0. The molecule has 27 heavy (non-hydrogen) atoms. The Morgan fingerprint density at radius 2 is 1.56 bits per heavy atom. The van der Waals surface area contributed by atoms with Gasteiger partial charge in [0.15, 0.2) is 5.78 Å². The van der Waals surface area contributed by atoms with E-state index in [2.05, 4.69) is 24.0 Å². The lowest BCUT2D eigenvalue weighted by Crippen LogP contribution is -2.51. The van der Waals surface area contributed by atoms with Crippen molar-refractivity contribution in [3.8, 4) is 0 Å². The van der Waals surface area contributed by atoms with E-state index < -0.39 is 10.0 Å². The number of sulfonamides is 1. The lowest BCUT2D eigenvalue weighted by Gasteiger charge is -2.37. The van der Waals surface area contributed by atoms with Crippen molar-refractivity contribution in [3.63, 3.8) is 0 Å². The highest BCUT2D eigenvalue weighted by atomic mass is 32.2. The molecule has 0 N–H and O–H groups in total. The topological polar surface area (TPSA) is 57.7 Å². The van der Waals surface area contributed by atoms with E-state index in [0.29, 0.717) is 24.7 Å². The largest absolute Gasteiger partial charge is 0.298 e. The van der Waals surface area contributed by atoms with Crippen LogP contribution < -0.4 is 0 Å². The third-order valence-corrected chi connectivity index (χ3v) is 7.08. The van der Waals surface area contributed by atoms with Gasteiger partial charge in [-0.2, -0.15) is 4.31 Å². The lowest BCUT2D eigenvalue weighted by molar-refractivity contribution is 0.101. The molecule has 2 aromatic carbocycles. The summed E-state index contributed by atoms with van der Waals surface area (Å²) in [7, 11) is -3.52. The molecular formula is C21H26N2O3S. The van der Waals surface area contributed by atoms with Crippen LogP contribution in [-0.2, 0) is 16.4 Å². The minimum atomic E-state index is -3.52. The molecule has 1 heterocycles. The van der Waals surface area contributed by atoms with Crippen molar-refractivity contribution < 1.29 is 13.2 Å². The molecule has 1 aliphatic heterocycles. The van der Waals surface area contributed by atoms with Crippen LogP contribution in [0.1, 0.15) is 29.8 Å². The van der Waals surface area contributed by atoms with Gasteiger partial charge in [-0.1, -0.05) is 42.5 Å². The maximum absolute atomic E-state index is 12.9. The second kappa shape index (κ2) is 8.33. The molecule has 144 valence electrons. The first-order chi connectivity index (χ1) is 12.9. The molecular weight excluding hydrogens is 360 g/mol. The summed E-state index contributed by atoms with van der Waals surface area (Å²) in [5.41, 5.74) is 1.82. The van der Waals surface area contributed by atoms with Crippen molar-refractivity contribution in [1.29, 1.82) is 0 Å².